The highest BCUT2D eigenvalue weighted by molar-refractivity contribution is 5.77. The summed E-state index contributed by atoms with van der Waals surface area (Å²) in [6, 6.07) is 0. The summed E-state index contributed by atoms with van der Waals surface area (Å²) in [4.78, 5) is 12.3. The van der Waals surface area contributed by atoms with Crippen LogP contribution in [0.15, 0.2) is 0 Å². The lowest BCUT2D eigenvalue weighted by atomic mass is 9.74. The fourth-order valence-corrected chi connectivity index (χ4v) is 1.69. The van der Waals surface area contributed by atoms with Gasteiger partial charge in [0, 0.05) is 0 Å². The Kier molecular flexibility index (Phi) is 6.35. The predicted molar refractivity (Wildman–Crippen MR) is 74.3 cm³/mol. The maximum atomic E-state index is 12.3. The van der Waals surface area contributed by atoms with E-state index in [1.54, 1.807) is 0 Å². The number of aliphatic hydroxyl groups excluding tert-OH is 1. The molecule has 2 atom stereocenters. The minimum atomic E-state index is -0.524. The maximum absolute atomic E-state index is 12.3. The van der Waals surface area contributed by atoms with E-state index >= 15 is 0 Å². The van der Waals surface area contributed by atoms with Crippen molar-refractivity contribution >= 4 is 5.97 Å². The Balaban J connectivity index is 4.76. The van der Waals surface area contributed by atoms with Crippen molar-refractivity contribution in [3.8, 4) is 0 Å². The molecule has 0 fully saturated rings. The highest BCUT2D eigenvalue weighted by atomic mass is 16.6. The average Bonchev–Trinajstić information content (AvgIpc) is 2.22. The molecular weight excluding hydrogens is 228 g/mol. The Morgan fingerprint density at radius 1 is 1.22 bits per heavy atom. The third-order valence-electron chi connectivity index (χ3n) is 3.61. The number of aliphatic hydroxyl groups is 1. The lowest BCUT2D eigenvalue weighted by Crippen LogP contribution is -2.39. The number of esters is 1. The van der Waals surface area contributed by atoms with Crippen molar-refractivity contribution in [2.45, 2.75) is 79.4 Å². The average molecular weight is 258 g/mol. The standard InChI is InChI=1S/C15H30O3/c1-8-12(16)9-10-15(7,11(2)3)13(17)18-14(4,5)6/h11-12,16H,8-10H2,1-7H3. The molecule has 0 aliphatic heterocycles. The number of ether oxygens (including phenoxy) is 1. The molecule has 0 aliphatic rings. The Hall–Kier alpha value is -0.570. The largest absolute Gasteiger partial charge is 0.460 e. The summed E-state index contributed by atoms with van der Waals surface area (Å²) < 4.78 is 5.51. The van der Waals surface area contributed by atoms with Crippen LogP contribution in [0.2, 0.25) is 0 Å². The van der Waals surface area contributed by atoms with Crippen molar-refractivity contribution in [1.82, 2.24) is 0 Å². The van der Waals surface area contributed by atoms with Gasteiger partial charge in [-0.1, -0.05) is 20.8 Å². The van der Waals surface area contributed by atoms with E-state index in [0.29, 0.717) is 12.8 Å². The van der Waals surface area contributed by atoms with Gasteiger partial charge in [0.2, 0.25) is 0 Å². The fraction of sp³-hybridized carbons (Fsp3) is 0.933. The first-order valence-corrected chi connectivity index (χ1v) is 6.94. The van der Waals surface area contributed by atoms with Gasteiger partial charge in [0.1, 0.15) is 5.60 Å². The molecule has 1 N–H and O–H groups in total. The molecule has 3 nitrogen and oxygen atoms in total. The van der Waals surface area contributed by atoms with E-state index in [0.717, 1.165) is 6.42 Å². The third kappa shape index (κ3) is 5.38. The van der Waals surface area contributed by atoms with Gasteiger partial charge in [-0.25, -0.2) is 0 Å². The number of carbonyl (C=O) groups excluding carboxylic acids is 1. The molecule has 3 heteroatoms. The van der Waals surface area contributed by atoms with Crippen LogP contribution in [0.3, 0.4) is 0 Å². The van der Waals surface area contributed by atoms with E-state index in [1.165, 1.54) is 0 Å². The van der Waals surface area contributed by atoms with Crippen LogP contribution in [0.4, 0.5) is 0 Å². The van der Waals surface area contributed by atoms with Crippen molar-refractivity contribution in [3.05, 3.63) is 0 Å². The Morgan fingerprint density at radius 3 is 2.06 bits per heavy atom. The second-order valence-corrected chi connectivity index (χ2v) is 6.67. The molecule has 0 aliphatic carbocycles. The van der Waals surface area contributed by atoms with E-state index < -0.39 is 11.0 Å². The molecule has 0 radical (unpaired) electrons. The summed E-state index contributed by atoms with van der Waals surface area (Å²) in [6.45, 7) is 13.6. The number of carbonyl (C=O) groups is 1. The van der Waals surface area contributed by atoms with Gasteiger partial charge < -0.3 is 9.84 Å². The van der Waals surface area contributed by atoms with E-state index in [4.69, 9.17) is 4.74 Å². The van der Waals surface area contributed by atoms with Gasteiger partial charge >= 0.3 is 5.97 Å². The smallest absolute Gasteiger partial charge is 0.312 e. The van der Waals surface area contributed by atoms with E-state index in [1.807, 2.05) is 48.5 Å². The Morgan fingerprint density at radius 2 is 1.72 bits per heavy atom. The first kappa shape index (κ1) is 17.4. The summed E-state index contributed by atoms with van der Waals surface area (Å²) in [7, 11) is 0. The molecule has 18 heavy (non-hydrogen) atoms. The molecule has 2 unspecified atom stereocenters. The van der Waals surface area contributed by atoms with Crippen LogP contribution in [0.5, 0.6) is 0 Å². The monoisotopic (exact) mass is 258 g/mol. The third-order valence-corrected chi connectivity index (χ3v) is 3.61. The first-order valence-electron chi connectivity index (χ1n) is 6.94. The van der Waals surface area contributed by atoms with Gasteiger partial charge in [0.15, 0.2) is 0 Å². The van der Waals surface area contributed by atoms with Crippen molar-refractivity contribution in [3.63, 3.8) is 0 Å². The molecule has 0 aromatic heterocycles. The Labute approximate surface area is 112 Å². The zero-order valence-electron chi connectivity index (χ0n) is 13.0. The first-order chi connectivity index (χ1) is 8.03. The molecule has 0 saturated heterocycles. The molecule has 0 amide bonds. The number of hydrogen-bond donors (Lipinski definition) is 1. The van der Waals surface area contributed by atoms with Gasteiger partial charge in [-0.2, -0.15) is 0 Å². The SMILES string of the molecule is CCC(O)CCC(C)(C(=O)OC(C)(C)C)C(C)C. The van der Waals surface area contributed by atoms with Crippen LogP contribution in [-0.4, -0.2) is 22.8 Å². The molecule has 0 heterocycles. The van der Waals surface area contributed by atoms with Crippen LogP contribution < -0.4 is 0 Å². The summed E-state index contributed by atoms with van der Waals surface area (Å²) in [5.74, 6) is 0.0321. The zero-order valence-corrected chi connectivity index (χ0v) is 13.0. The van der Waals surface area contributed by atoms with Gasteiger partial charge in [-0.05, 0) is 52.9 Å². The van der Waals surface area contributed by atoms with Crippen LogP contribution in [0, 0.1) is 11.3 Å². The van der Waals surface area contributed by atoms with E-state index in [-0.39, 0.29) is 18.0 Å². The maximum Gasteiger partial charge on any atom is 0.312 e. The summed E-state index contributed by atoms with van der Waals surface area (Å²) >= 11 is 0. The molecule has 108 valence electrons. The van der Waals surface area contributed by atoms with E-state index in [9.17, 15) is 9.90 Å². The predicted octanol–water partition coefficient (Wildman–Crippen LogP) is 3.54. The zero-order chi connectivity index (χ0) is 14.6. The topological polar surface area (TPSA) is 46.5 Å². The van der Waals surface area contributed by atoms with Gasteiger partial charge in [0.05, 0.1) is 11.5 Å². The second-order valence-electron chi connectivity index (χ2n) is 6.67. The minimum absolute atomic E-state index is 0.159. The summed E-state index contributed by atoms with van der Waals surface area (Å²) in [5, 5.41) is 9.67. The number of hydrogen-bond acceptors (Lipinski definition) is 3. The van der Waals surface area contributed by atoms with Crippen molar-refractivity contribution in [2.24, 2.45) is 11.3 Å². The molecule has 0 bridgehead atoms. The van der Waals surface area contributed by atoms with Crippen LogP contribution in [0.1, 0.15) is 67.7 Å². The summed E-state index contributed by atoms with van der Waals surface area (Å²) in [6.07, 6.45) is 1.70. The molecule has 0 rings (SSSR count). The molecule has 0 saturated carbocycles. The molecule has 0 aromatic carbocycles. The fourth-order valence-electron chi connectivity index (χ4n) is 1.69. The normalized spacial score (nSPS) is 17.4. The van der Waals surface area contributed by atoms with Crippen LogP contribution in [0.25, 0.3) is 0 Å². The lowest BCUT2D eigenvalue weighted by Gasteiger charge is -2.35. The number of rotatable bonds is 6. The van der Waals surface area contributed by atoms with E-state index in [2.05, 4.69) is 0 Å². The highest BCUT2D eigenvalue weighted by Crippen LogP contribution is 2.35. The van der Waals surface area contributed by atoms with Crippen molar-refractivity contribution in [2.75, 3.05) is 0 Å². The quantitative estimate of drug-likeness (QED) is 0.741. The van der Waals surface area contributed by atoms with Gasteiger partial charge in [-0.3, -0.25) is 4.79 Å². The van der Waals surface area contributed by atoms with Gasteiger partial charge in [0.25, 0.3) is 0 Å². The minimum Gasteiger partial charge on any atom is -0.460 e. The summed E-state index contributed by atoms with van der Waals surface area (Å²) in [5.41, 5.74) is -0.986. The van der Waals surface area contributed by atoms with Crippen molar-refractivity contribution in [1.29, 1.82) is 0 Å². The molecule has 0 spiro atoms. The lowest BCUT2D eigenvalue weighted by molar-refractivity contribution is -0.170. The van der Waals surface area contributed by atoms with Crippen molar-refractivity contribution < 1.29 is 14.6 Å². The molecular formula is C15H30O3. The highest BCUT2D eigenvalue weighted by Gasteiger charge is 2.39. The Bertz CT molecular complexity index is 265. The van der Waals surface area contributed by atoms with Crippen LogP contribution >= 0.6 is 0 Å². The molecule has 0 aromatic rings. The van der Waals surface area contributed by atoms with Gasteiger partial charge in [-0.15, -0.1) is 0 Å². The van der Waals surface area contributed by atoms with Crippen LogP contribution in [-0.2, 0) is 9.53 Å². The second kappa shape index (κ2) is 6.55.